The van der Waals surface area contributed by atoms with Crippen molar-refractivity contribution in [2.45, 2.75) is 25.7 Å². The average Bonchev–Trinajstić information content (AvgIpc) is 3.49. The zero-order valence-corrected chi connectivity index (χ0v) is 20.2. The van der Waals surface area contributed by atoms with Crippen LogP contribution in [0.2, 0.25) is 0 Å². The standard InChI is InChI=1S/C28H23N5O2S/c29-16-19(27(35)31-28-24(26(30)34)22-13-7-8-14-23(22)36-28)15-20-17-33(21-11-5-2-6-12-21)32-25(20)18-9-3-1-4-10-18/h1-6,9-12,15,17H,7-8,13-14H2,(H2,30,34)(H,31,35). The minimum atomic E-state index is -0.593. The van der Waals surface area contributed by atoms with Gasteiger partial charge in [0, 0.05) is 22.2 Å². The van der Waals surface area contributed by atoms with Crippen molar-refractivity contribution in [2.24, 2.45) is 5.73 Å². The topological polar surface area (TPSA) is 114 Å². The number of anilines is 1. The molecule has 1 aliphatic carbocycles. The zero-order valence-electron chi connectivity index (χ0n) is 19.4. The molecular weight excluding hydrogens is 470 g/mol. The number of benzene rings is 2. The largest absolute Gasteiger partial charge is 0.365 e. The average molecular weight is 494 g/mol. The molecule has 0 unspecified atom stereocenters. The van der Waals surface area contributed by atoms with Crippen LogP contribution in [0.1, 0.15) is 39.2 Å². The number of fused-ring (bicyclic) bond motifs is 1. The predicted octanol–water partition coefficient (Wildman–Crippen LogP) is 5.12. The van der Waals surface area contributed by atoms with E-state index in [-0.39, 0.29) is 5.57 Å². The summed E-state index contributed by atoms with van der Waals surface area (Å²) in [5.41, 5.74) is 9.83. The smallest absolute Gasteiger partial charge is 0.266 e. The molecule has 1 aliphatic rings. The minimum Gasteiger partial charge on any atom is -0.365 e. The minimum absolute atomic E-state index is 0.0958. The zero-order chi connectivity index (χ0) is 25.1. The fraction of sp³-hybridized carbons (Fsp3) is 0.143. The Bertz CT molecular complexity index is 1510. The third-order valence-corrected chi connectivity index (χ3v) is 7.33. The maximum atomic E-state index is 13.2. The molecule has 36 heavy (non-hydrogen) atoms. The van der Waals surface area contributed by atoms with Crippen LogP contribution < -0.4 is 11.1 Å². The van der Waals surface area contributed by atoms with Crippen LogP contribution in [0.5, 0.6) is 0 Å². The lowest BCUT2D eigenvalue weighted by molar-refractivity contribution is -0.112. The quantitative estimate of drug-likeness (QED) is 0.286. The maximum Gasteiger partial charge on any atom is 0.266 e. The van der Waals surface area contributed by atoms with E-state index in [1.54, 1.807) is 10.9 Å². The molecule has 7 nitrogen and oxygen atoms in total. The summed E-state index contributed by atoms with van der Waals surface area (Å²) in [4.78, 5) is 26.5. The molecule has 2 aromatic heterocycles. The lowest BCUT2D eigenvalue weighted by Crippen LogP contribution is -2.19. The van der Waals surface area contributed by atoms with Gasteiger partial charge >= 0.3 is 0 Å². The van der Waals surface area contributed by atoms with Crippen LogP contribution in [0.3, 0.4) is 0 Å². The van der Waals surface area contributed by atoms with Crippen LogP contribution in [0.4, 0.5) is 5.00 Å². The van der Waals surface area contributed by atoms with Crippen molar-refractivity contribution in [3.05, 3.63) is 94.0 Å². The summed E-state index contributed by atoms with van der Waals surface area (Å²) in [5, 5.41) is 17.8. The number of thiophene rings is 1. The molecule has 0 saturated carbocycles. The van der Waals surface area contributed by atoms with E-state index in [0.717, 1.165) is 47.4 Å². The number of nitriles is 1. The predicted molar refractivity (Wildman–Crippen MR) is 141 cm³/mol. The number of amides is 2. The third-order valence-electron chi connectivity index (χ3n) is 6.12. The second-order valence-electron chi connectivity index (χ2n) is 8.48. The van der Waals surface area contributed by atoms with Gasteiger partial charge in [-0.25, -0.2) is 4.68 Å². The Morgan fingerprint density at radius 2 is 1.75 bits per heavy atom. The molecule has 0 aliphatic heterocycles. The van der Waals surface area contributed by atoms with Crippen molar-refractivity contribution >= 4 is 34.2 Å². The molecule has 2 aromatic carbocycles. The molecule has 0 atom stereocenters. The van der Waals surface area contributed by atoms with Gasteiger partial charge in [0.25, 0.3) is 11.8 Å². The van der Waals surface area contributed by atoms with E-state index < -0.39 is 11.8 Å². The Morgan fingerprint density at radius 3 is 2.44 bits per heavy atom. The van der Waals surface area contributed by atoms with Gasteiger partial charge in [0.2, 0.25) is 0 Å². The molecule has 8 heteroatoms. The third kappa shape index (κ3) is 4.57. The molecule has 4 aromatic rings. The monoisotopic (exact) mass is 493 g/mol. The molecule has 0 spiro atoms. The molecule has 5 rings (SSSR count). The normalized spacial score (nSPS) is 13.0. The molecule has 178 valence electrons. The second-order valence-corrected chi connectivity index (χ2v) is 9.59. The number of para-hydroxylation sites is 1. The Balaban J connectivity index is 1.53. The van der Waals surface area contributed by atoms with E-state index in [9.17, 15) is 14.9 Å². The Labute approximate surface area is 212 Å². The number of carbonyl (C=O) groups excluding carboxylic acids is 2. The SMILES string of the molecule is N#CC(=Cc1cn(-c2ccccc2)nc1-c1ccccc1)C(=O)Nc1sc2c(c1C(N)=O)CCCC2. The van der Waals surface area contributed by atoms with Gasteiger partial charge in [-0.05, 0) is 49.5 Å². The Hall–Kier alpha value is -4.48. The van der Waals surface area contributed by atoms with Gasteiger partial charge < -0.3 is 11.1 Å². The summed E-state index contributed by atoms with van der Waals surface area (Å²) in [6.45, 7) is 0. The number of nitrogens with zero attached hydrogens (tertiary/aromatic N) is 3. The molecule has 2 heterocycles. The number of aromatic nitrogens is 2. The molecular formula is C28H23N5O2S. The van der Waals surface area contributed by atoms with Crippen LogP contribution in [0.25, 0.3) is 23.0 Å². The highest BCUT2D eigenvalue weighted by Gasteiger charge is 2.26. The molecule has 0 saturated heterocycles. The summed E-state index contributed by atoms with van der Waals surface area (Å²) in [6, 6.07) is 21.2. The highest BCUT2D eigenvalue weighted by Crippen LogP contribution is 2.38. The number of aryl methyl sites for hydroxylation is 1. The van der Waals surface area contributed by atoms with Gasteiger partial charge in [-0.15, -0.1) is 11.3 Å². The highest BCUT2D eigenvalue weighted by atomic mass is 32.1. The van der Waals surface area contributed by atoms with Gasteiger partial charge in [0.15, 0.2) is 0 Å². The summed E-state index contributed by atoms with van der Waals surface area (Å²) >= 11 is 1.37. The van der Waals surface area contributed by atoms with Gasteiger partial charge in [0.05, 0.1) is 16.9 Å². The van der Waals surface area contributed by atoms with Crippen LogP contribution in [-0.2, 0) is 17.6 Å². The number of carbonyl (C=O) groups is 2. The highest BCUT2D eigenvalue weighted by molar-refractivity contribution is 7.17. The number of primary amides is 1. The van der Waals surface area contributed by atoms with E-state index in [1.807, 2.05) is 66.7 Å². The Kier molecular flexibility index (Phi) is 6.48. The van der Waals surface area contributed by atoms with E-state index in [4.69, 9.17) is 10.8 Å². The van der Waals surface area contributed by atoms with Crippen molar-refractivity contribution in [3.63, 3.8) is 0 Å². The van der Waals surface area contributed by atoms with Gasteiger partial charge in [-0.1, -0.05) is 48.5 Å². The van der Waals surface area contributed by atoms with Crippen molar-refractivity contribution in [1.82, 2.24) is 9.78 Å². The first-order chi connectivity index (χ1) is 17.5. The summed E-state index contributed by atoms with van der Waals surface area (Å²) in [5.74, 6) is -1.16. The van der Waals surface area contributed by atoms with Gasteiger partial charge in [-0.3, -0.25) is 9.59 Å². The van der Waals surface area contributed by atoms with Crippen LogP contribution >= 0.6 is 11.3 Å². The fourth-order valence-electron chi connectivity index (χ4n) is 4.42. The van der Waals surface area contributed by atoms with E-state index >= 15 is 0 Å². The van der Waals surface area contributed by atoms with E-state index in [0.29, 0.717) is 21.8 Å². The first-order valence-electron chi connectivity index (χ1n) is 11.6. The summed E-state index contributed by atoms with van der Waals surface area (Å²) in [6.07, 6.45) is 6.96. The number of nitrogens with two attached hydrogens (primary N) is 1. The summed E-state index contributed by atoms with van der Waals surface area (Å²) in [7, 11) is 0. The van der Waals surface area contributed by atoms with E-state index in [2.05, 4.69) is 5.32 Å². The van der Waals surface area contributed by atoms with Crippen LogP contribution in [0.15, 0.2) is 72.4 Å². The molecule has 0 fully saturated rings. The summed E-state index contributed by atoms with van der Waals surface area (Å²) < 4.78 is 1.72. The van der Waals surface area contributed by atoms with Gasteiger partial charge in [-0.2, -0.15) is 10.4 Å². The first-order valence-corrected chi connectivity index (χ1v) is 12.4. The van der Waals surface area contributed by atoms with Crippen molar-refractivity contribution in [1.29, 1.82) is 5.26 Å². The van der Waals surface area contributed by atoms with Crippen LogP contribution in [-0.4, -0.2) is 21.6 Å². The molecule has 3 N–H and O–H groups in total. The lowest BCUT2D eigenvalue weighted by Gasteiger charge is -2.11. The Morgan fingerprint density at radius 1 is 1.06 bits per heavy atom. The molecule has 0 radical (unpaired) electrons. The first kappa shape index (κ1) is 23.3. The van der Waals surface area contributed by atoms with E-state index in [1.165, 1.54) is 17.4 Å². The second kappa shape index (κ2) is 10.0. The molecule has 2 amide bonds. The number of nitrogens with one attached hydrogen (secondary N) is 1. The lowest BCUT2D eigenvalue weighted by atomic mass is 9.95. The van der Waals surface area contributed by atoms with Crippen molar-refractivity contribution < 1.29 is 9.59 Å². The van der Waals surface area contributed by atoms with Gasteiger partial charge in [0.1, 0.15) is 16.6 Å². The van der Waals surface area contributed by atoms with Crippen molar-refractivity contribution in [3.8, 4) is 23.0 Å². The molecule has 0 bridgehead atoms. The number of hydrogen-bond donors (Lipinski definition) is 2. The number of rotatable bonds is 6. The number of hydrogen-bond acceptors (Lipinski definition) is 5. The maximum absolute atomic E-state index is 13.2. The van der Waals surface area contributed by atoms with Crippen molar-refractivity contribution in [2.75, 3.05) is 5.32 Å². The van der Waals surface area contributed by atoms with Crippen LogP contribution in [0, 0.1) is 11.3 Å². The fourth-order valence-corrected chi connectivity index (χ4v) is 5.71.